The predicted octanol–water partition coefficient (Wildman–Crippen LogP) is 3.06. The number of rotatable bonds is 16. The van der Waals surface area contributed by atoms with Crippen LogP contribution in [0.3, 0.4) is 0 Å². The van der Waals surface area contributed by atoms with E-state index in [0.29, 0.717) is 11.5 Å². The summed E-state index contributed by atoms with van der Waals surface area (Å²) >= 11 is 0. The summed E-state index contributed by atoms with van der Waals surface area (Å²) in [4.78, 5) is 4.38. The first kappa shape index (κ1) is 24.1. The Morgan fingerprint density at radius 3 is 2.36 bits per heavy atom. The Balaban J connectivity index is 1.75. The third kappa shape index (κ3) is 7.24. The van der Waals surface area contributed by atoms with Crippen LogP contribution >= 0.6 is 0 Å². The fraction of sp³-hybridized carbons (Fsp3) is 1.00. The molecule has 2 saturated carbocycles. The second kappa shape index (κ2) is 10.7. The third-order valence-corrected chi connectivity index (χ3v) is 7.23. The van der Waals surface area contributed by atoms with Crippen molar-refractivity contribution in [3.05, 3.63) is 0 Å². The van der Waals surface area contributed by atoms with Crippen LogP contribution in [0.15, 0.2) is 0 Å². The summed E-state index contributed by atoms with van der Waals surface area (Å²) in [5.74, 6) is 0.907. The van der Waals surface area contributed by atoms with E-state index in [4.69, 9.17) is 0 Å². The number of likely N-dealkylation sites (N-methyl/N-ethyl adjacent to an activating group) is 2. The first-order valence-corrected chi connectivity index (χ1v) is 11.7. The second-order valence-corrected chi connectivity index (χ2v) is 10.2. The number of nitrogens with one attached hydrogen (secondary N) is 1. The van der Waals surface area contributed by atoms with Crippen molar-refractivity contribution in [2.45, 2.75) is 96.9 Å². The summed E-state index contributed by atoms with van der Waals surface area (Å²) in [6.45, 7) is 12.4. The Hall–Kier alpha value is -0.200. The molecule has 0 aliphatic heterocycles. The Bertz CT molecular complexity index is 449. The van der Waals surface area contributed by atoms with E-state index in [2.05, 4.69) is 42.8 Å². The standard InChI is InChI=1S/C23H47N3O2/c1-6-8-9-20(19-10-11-19)24-17-23(12-13-23)16-21(28)25(5)14-15-26(7-2)22(3,4)18-27/h19-21,24,27-28H,6-18H2,1-5H3/t20-,21?/m0/s1. The summed E-state index contributed by atoms with van der Waals surface area (Å²) in [6, 6.07) is 0.700. The van der Waals surface area contributed by atoms with E-state index >= 15 is 0 Å². The average Bonchev–Trinajstić information content (AvgIpc) is 3.58. The first-order chi connectivity index (χ1) is 13.3. The van der Waals surface area contributed by atoms with E-state index in [-0.39, 0.29) is 18.4 Å². The fourth-order valence-corrected chi connectivity index (χ4v) is 4.36. The smallest absolute Gasteiger partial charge is 0.107 e. The van der Waals surface area contributed by atoms with Gasteiger partial charge in [-0.15, -0.1) is 0 Å². The van der Waals surface area contributed by atoms with E-state index in [9.17, 15) is 10.2 Å². The van der Waals surface area contributed by atoms with Gasteiger partial charge in [0, 0.05) is 31.2 Å². The molecule has 3 N–H and O–H groups in total. The first-order valence-electron chi connectivity index (χ1n) is 11.7. The average molecular weight is 398 g/mol. The molecular weight excluding hydrogens is 350 g/mol. The highest BCUT2D eigenvalue weighted by molar-refractivity contribution is 4.98. The zero-order chi connectivity index (χ0) is 20.8. The molecule has 0 aromatic carbocycles. The van der Waals surface area contributed by atoms with Crippen molar-refractivity contribution < 1.29 is 10.2 Å². The van der Waals surface area contributed by atoms with Crippen LogP contribution in [-0.2, 0) is 0 Å². The lowest BCUT2D eigenvalue weighted by molar-refractivity contribution is -0.0155. The summed E-state index contributed by atoms with van der Waals surface area (Å²) in [5.41, 5.74) is 0.0976. The van der Waals surface area contributed by atoms with E-state index in [0.717, 1.165) is 38.5 Å². The summed E-state index contributed by atoms with van der Waals surface area (Å²) in [6.07, 6.45) is 9.70. The third-order valence-electron chi connectivity index (χ3n) is 7.23. The molecule has 0 spiro atoms. The molecule has 5 nitrogen and oxygen atoms in total. The molecule has 0 radical (unpaired) electrons. The van der Waals surface area contributed by atoms with Crippen molar-refractivity contribution in [1.29, 1.82) is 0 Å². The molecule has 166 valence electrons. The Kier molecular flexibility index (Phi) is 9.21. The second-order valence-electron chi connectivity index (χ2n) is 10.2. The highest BCUT2D eigenvalue weighted by Gasteiger charge is 2.45. The Morgan fingerprint density at radius 2 is 1.86 bits per heavy atom. The summed E-state index contributed by atoms with van der Waals surface area (Å²) in [5, 5.41) is 24.3. The van der Waals surface area contributed by atoms with Gasteiger partial charge in [0.2, 0.25) is 0 Å². The van der Waals surface area contributed by atoms with E-state index < -0.39 is 0 Å². The normalized spacial score (nSPS) is 21.3. The molecule has 2 rings (SSSR count). The number of unbranched alkanes of at least 4 members (excludes halogenated alkanes) is 1. The summed E-state index contributed by atoms with van der Waals surface area (Å²) in [7, 11) is 2.03. The lowest BCUT2D eigenvalue weighted by Crippen LogP contribution is -2.50. The van der Waals surface area contributed by atoms with Crippen LogP contribution in [0, 0.1) is 11.3 Å². The molecule has 2 aliphatic carbocycles. The van der Waals surface area contributed by atoms with Crippen molar-refractivity contribution in [2.75, 3.05) is 39.8 Å². The van der Waals surface area contributed by atoms with Crippen LogP contribution in [0.1, 0.15) is 79.1 Å². The molecule has 2 aliphatic rings. The zero-order valence-electron chi connectivity index (χ0n) is 19.2. The maximum atomic E-state index is 10.8. The largest absolute Gasteiger partial charge is 0.394 e. The van der Waals surface area contributed by atoms with E-state index in [1.54, 1.807) is 0 Å². The zero-order valence-corrected chi connectivity index (χ0v) is 19.2. The molecule has 2 fully saturated rings. The fourth-order valence-electron chi connectivity index (χ4n) is 4.36. The van der Waals surface area contributed by atoms with Crippen molar-refractivity contribution in [2.24, 2.45) is 11.3 Å². The van der Waals surface area contributed by atoms with Gasteiger partial charge in [0.05, 0.1) is 6.61 Å². The number of aliphatic hydroxyl groups is 2. The van der Waals surface area contributed by atoms with Gasteiger partial charge in [-0.05, 0) is 77.3 Å². The predicted molar refractivity (Wildman–Crippen MR) is 117 cm³/mol. The minimum atomic E-state index is -0.379. The molecule has 5 heteroatoms. The van der Waals surface area contributed by atoms with Crippen LogP contribution in [0.2, 0.25) is 0 Å². The van der Waals surface area contributed by atoms with Crippen molar-refractivity contribution >= 4 is 0 Å². The molecule has 0 heterocycles. The molecule has 28 heavy (non-hydrogen) atoms. The summed E-state index contributed by atoms with van der Waals surface area (Å²) < 4.78 is 0. The quantitative estimate of drug-likeness (QED) is 0.350. The number of aliphatic hydroxyl groups excluding tert-OH is 2. The maximum absolute atomic E-state index is 10.8. The van der Waals surface area contributed by atoms with Crippen LogP contribution in [-0.4, -0.2) is 77.7 Å². The van der Waals surface area contributed by atoms with Crippen LogP contribution in [0.4, 0.5) is 0 Å². The molecule has 0 amide bonds. The molecule has 2 atom stereocenters. The van der Waals surface area contributed by atoms with Gasteiger partial charge in [-0.25, -0.2) is 0 Å². The van der Waals surface area contributed by atoms with E-state index in [1.807, 2.05) is 7.05 Å². The topological polar surface area (TPSA) is 59.0 Å². The minimum absolute atomic E-state index is 0.155. The van der Waals surface area contributed by atoms with Gasteiger partial charge >= 0.3 is 0 Å². The van der Waals surface area contributed by atoms with Crippen molar-refractivity contribution in [3.8, 4) is 0 Å². The SMILES string of the molecule is CCCC[C@H](NCC1(CC(O)N(C)CCN(CC)C(C)(C)CO)CC1)C1CC1. The molecule has 0 bridgehead atoms. The van der Waals surface area contributed by atoms with Crippen LogP contribution in [0.25, 0.3) is 0 Å². The maximum Gasteiger partial charge on any atom is 0.107 e. The monoisotopic (exact) mass is 397 g/mol. The number of hydrogen-bond donors (Lipinski definition) is 3. The highest BCUT2D eigenvalue weighted by Crippen LogP contribution is 2.49. The van der Waals surface area contributed by atoms with Crippen molar-refractivity contribution in [3.63, 3.8) is 0 Å². The van der Waals surface area contributed by atoms with Gasteiger partial charge in [0.15, 0.2) is 0 Å². The lowest BCUT2D eigenvalue weighted by Gasteiger charge is -2.38. The van der Waals surface area contributed by atoms with Crippen LogP contribution < -0.4 is 5.32 Å². The van der Waals surface area contributed by atoms with Gasteiger partial charge in [-0.3, -0.25) is 9.80 Å². The number of hydrogen-bond acceptors (Lipinski definition) is 5. The van der Waals surface area contributed by atoms with Crippen molar-refractivity contribution in [1.82, 2.24) is 15.1 Å². The molecule has 0 saturated heterocycles. The molecule has 0 aromatic heterocycles. The van der Waals surface area contributed by atoms with E-state index in [1.165, 1.54) is 44.9 Å². The van der Waals surface area contributed by atoms with Gasteiger partial charge < -0.3 is 15.5 Å². The Morgan fingerprint density at radius 1 is 1.18 bits per heavy atom. The van der Waals surface area contributed by atoms with Gasteiger partial charge in [-0.1, -0.05) is 26.7 Å². The molecule has 1 unspecified atom stereocenters. The van der Waals surface area contributed by atoms with Gasteiger partial charge in [0.25, 0.3) is 0 Å². The molecular formula is C23H47N3O2. The lowest BCUT2D eigenvalue weighted by atomic mass is 9.98. The minimum Gasteiger partial charge on any atom is -0.394 e. The molecule has 0 aromatic rings. The van der Waals surface area contributed by atoms with Gasteiger partial charge in [-0.2, -0.15) is 0 Å². The van der Waals surface area contributed by atoms with Gasteiger partial charge in [0.1, 0.15) is 6.23 Å². The van der Waals surface area contributed by atoms with Crippen LogP contribution in [0.5, 0.6) is 0 Å². The Labute approximate surface area is 173 Å². The highest BCUT2D eigenvalue weighted by atomic mass is 16.3. The number of nitrogens with zero attached hydrogens (tertiary/aromatic N) is 2.